The van der Waals surface area contributed by atoms with Crippen molar-refractivity contribution in [3.63, 3.8) is 0 Å². The third-order valence-electron chi connectivity index (χ3n) is 3.62. The van der Waals surface area contributed by atoms with Gasteiger partial charge in [-0.15, -0.1) is 24.0 Å². The number of halogens is 1. The molecule has 132 valence electrons. The van der Waals surface area contributed by atoms with E-state index in [0.717, 1.165) is 19.0 Å². The highest BCUT2D eigenvalue weighted by Crippen LogP contribution is 2.24. The van der Waals surface area contributed by atoms with Gasteiger partial charge in [0.05, 0.1) is 6.61 Å². The van der Waals surface area contributed by atoms with Crippen molar-refractivity contribution in [2.24, 2.45) is 10.9 Å². The van der Waals surface area contributed by atoms with Gasteiger partial charge in [0.2, 0.25) is 0 Å². The second kappa shape index (κ2) is 12.6. The van der Waals surface area contributed by atoms with Crippen molar-refractivity contribution in [3.05, 3.63) is 35.9 Å². The zero-order valence-corrected chi connectivity index (χ0v) is 17.3. The molecule has 2 unspecified atom stereocenters. The van der Waals surface area contributed by atoms with Gasteiger partial charge in [-0.2, -0.15) is 0 Å². The Morgan fingerprint density at radius 1 is 1.17 bits per heavy atom. The quantitative estimate of drug-likeness (QED) is 0.374. The number of rotatable bonds is 8. The Balaban J connectivity index is 0.00000484. The highest BCUT2D eigenvalue weighted by molar-refractivity contribution is 14.0. The number of hydrogen-bond acceptors (Lipinski definition) is 2. The van der Waals surface area contributed by atoms with Crippen molar-refractivity contribution in [1.82, 2.24) is 10.6 Å². The zero-order chi connectivity index (χ0) is 16.4. The van der Waals surface area contributed by atoms with E-state index < -0.39 is 0 Å². The molecule has 2 atom stereocenters. The number of methoxy groups -OCH3 is 1. The highest BCUT2D eigenvalue weighted by Gasteiger charge is 2.15. The predicted octanol–water partition coefficient (Wildman–Crippen LogP) is 3.63. The number of guanidine groups is 1. The van der Waals surface area contributed by atoms with Gasteiger partial charge in [0.15, 0.2) is 5.96 Å². The Morgan fingerprint density at radius 3 is 2.35 bits per heavy atom. The van der Waals surface area contributed by atoms with Crippen molar-refractivity contribution < 1.29 is 4.74 Å². The lowest BCUT2D eigenvalue weighted by Gasteiger charge is -2.21. The normalized spacial score (nSPS) is 14.1. The molecule has 0 saturated heterocycles. The second-order valence-electron chi connectivity index (χ2n) is 5.98. The van der Waals surface area contributed by atoms with Crippen LogP contribution in [-0.2, 0) is 4.74 Å². The van der Waals surface area contributed by atoms with E-state index in [-0.39, 0.29) is 30.0 Å². The first kappa shape index (κ1) is 22.2. The number of aliphatic imine (C=N–C) groups is 1. The summed E-state index contributed by atoms with van der Waals surface area (Å²) in [7, 11) is 1.71. The Morgan fingerprint density at radius 2 is 1.83 bits per heavy atom. The third kappa shape index (κ3) is 8.55. The third-order valence-corrected chi connectivity index (χ3v) is 3.62. The van der Waals surface area contributed by atoms with Crippen molar-refractivity contribution in [2.75, 3.05) is 26.8 Å². The van der Waals surface area contributed by atoms with E-state index in [2.05, 4.69) is 68.7 Å². The van der Waals surface area contributed by atoms with Crippen molar-refractivity contribution in [1.29, 1.82) is 0 Å². The lowest BCUT2D eigenvalue weighted by molar-refractivity contribution is 0.179. The monoisotopic (exact) mass is 433 g/mol. The molecular formula is C18H32IN3O. The van der Waals surface area contributed by atoms with Gasteiger partial charge in [-0.1, -0.05) is 44.2 Å². The lowest BCUT2D eigenvalue weighted by Crippen LogP contribution is -2.44. The average Bonchev–Trinajstić information content (AvgIpc) is 2.48. The van der Waals surface area contributed by atoms with Crippen molar-refractivity contribution in [2.45, 2.75) is 39.7 Å². The molecule has 0 saturated carbocycles. The van der Waals surface area contributed by atoms with Gasteiger partial charge in [0.1, 0.15) is 0 Å². The number of nitrogens with zero attached hydrogens (tertiary/aromatic N) is 1. The Bertz CT molecular complexity index is 437. The summed E-state index contributed by atoms with van der Waals surface area (Å²) in [6.07, 6.45) is 0. The molecule has 1 aromatic rings. The molecule has 5 heteroatoms. The maximum atomic E-state index is 5.17. The summed E-state index contributed by atoms with van der Waals surface area (Å²) in [6.45, 7) is 11.0. The summed E-state index contributed by atoms with van der Waals surface area (Å²) >= 11 is 0. The number of nitrogens with one attached hydrogen (secondary N) is 2. The number of hydrogen-bond donors (Lipinski definition) is 2. The summed E-state index contributed by atoms with van der Waals surface area (Å²) in [6, 6.07) is 10.9. The molecular weight excluding hydrogens is 401 g/mol. The Kier molecular flexibility index (Phi) is 12.1. The smallest absolute Gasteiger partial charge is 0.191 e. The summed E-state index contributed by atoms with van der Waals surface area (Å²) in [5, 5.41) is 6.68. The fourth-order valence-corrected chi connectivity index (χ4v) is 2.44. The van der Waals surface area contributed by atoms with Gasteiger partial charge < -0.3 is 15.4 Å². The first-order valence-corrected chi connectivity index (χ1v) is 8.17. The van der Waals surface area contributed by atoms with Gasteiger partial charge in [-0.05, 0) is 25.3 Å². The van der Waals surface area contributed by atoms with E-state index >= 15 is 0 Å². The van der Waals surface area contributed by atoms with E-state index in [9.17, 15) is 0 Å². The van der Waals surface area contributed by atoms with Gasteiger partial charge in [-0.25, -0.2) is 0 Å². The maximum Gasteiger partial charge on any atom is 0.191 e. The van der Waals surface area contributed by atoms with Crippen LogP contribution >= 0.6 is 24.0 Å². The standard InChI is InChI=1S/C18H31N3O.HI/c1-6-19-18(21-15(4)13-22-5)20-12-17(14(2)3)16-10-8-7-9-11-16;/h7-11,14-15,17H,6,12-13H2,1-5H3,(H2,19,20,21);1H. The molecule has 4 nitrogen and oxygen atoms in total. The minimum Gasteiger partial charge on any atom is -0.383 e. The van der Waals surface area contributed by atoms with Crippen LogP contribution in [0.25, 0.3) is 0 Å². The number of benzene rings is 1. The van der Waals surface area contributed by atoms with E-state index in [1.54, 1.807) is 7.11 Å². The summed E-state index contributed by atoms with van der Waals surface area (Å²) in [5.74, 6) is 1.83. The summed E-state index contributed by atoms with van der Waals surface area (Å²) < 4.78 is 5.17. The largest absolute Gasteiger partial charge is 0.383 e. The van der Waals surface area contributed by atoms with Crippen LogP contribution in [0.15, 0.2) is 35.3 Å². The van der Waals surface area contributed by atoms with Gasteiger partial charge in [0, 0.05) is 32.2 Å². The molecule has 0 spiro atoms. The van der Waals surface area contributed by atoms with Crippen LogP contribution < -0.4 is 10.6 Å². The first-order valence-electron chi connectivity index (χ1n) is 8.17. The van der Waals surface area contributed by atoms with Crippen LogP contribution in [0.4, 0.5) is 0 Å². The molecule has 1 rings (SSSR count). The molecule has 0 aromatic heterocycles. The van der Waals surface area contributed by atoms with Crippen LogP contribution in [0.5, 0.6) is 0 Å². The SMILES string of the molecule is CCNC(=NCC(c1ccccc1)C(C)C)NC(C)COC.I. The molecule has 0 aliphatic rings. The van der Waals surface area contributed by atoms with Crippen LogP contribution in [0.2, 0.25) is 0 Å². The van der Waals surface area contributed by atoms with E-state index in [0.29, 0.717) is 18.4 Å². The van der Waals surface area contributed by atoms with E-state index in [1.807, 2.05) is 0 Å². The van der Waals surface area contributed by atoms with Gasteiger partial charge >= 0.3 is 0 Å². The minimum absolute atomic E-state index is 0. The van der Waals surface area contributed by atoms with Crippen molar-refractivity contribution >= 4 is 29.9 Å². The molecule has 0 aliphatic carbocycles. The molecule has 0 heterocycles. The van der Waals surface area contributed by atoms with Crippen LogP contribution in [0, 0.1) is 5.92 Å². The molecule has 0 amide bonds. The van der Waals surface area contributed by atoms with E-state index in [1.165, 1.54) is 5.56 Å². The highest BCUT2D eigenvalue weighted by atomic mass is 127. The number of ether oxygens (including phenoxy) is 1. The molecule has 1 aromatic carbocycles. The molecule has 0 aliphatic heterocycles. The molecule has 23 heavy (non-hydrogen) atoms. The summed E-state index contributed by atoms with van der Waals surface area (Å²) in [5.41, 5.74) is 1.35. The molecule has 0 bridgehead atoms. The second-order valence-corrected chi connectivity index (χ2v) is 5.98. The fraction of sp³-hybridized carbons (Fsp3) is 0.611. The van der Waals surface area contributed by atoms with E-state index in [4.69, 9.17) is 9.73 Å². The molecule has 0 radical (unpaired) electrons. The van der Waals surface area contributed by atoms with Crippen molar-refractivity contribution in [3.8, 4) is 0 Å². The molecule has 0 fully saturated rings. The molecule has 2 N–H and O–H groups in total. The maximum absolute atomic E-state index is 5.17. The van der Waals surface area contributed by atoms with Crippen LogP contribution in [0.3, 0.4) is 0 Å². The summed E-state index contributed by atoms with van der Waals surface area (Å²) in [4.78, 5) is 4.77. The Labute approximate surface area is 158 Å². The first-order chi connectivity index (χ1) is 10.6. The van der Waals surface area contributed by atoms with Crippen LogP contribution in [-0.4, -0.2) is 38.8 Å². The fourth-order valence-electron chi connectivity index (χ4n) is 2.44. The predicted molar refractivity (Wildman–Crippen MR) is 110 cm³/mol. The topological polar surface area (TPSA) is 45.7 Å². The lowest BCUT2D eigenvalue weighted by atomic mass is 9.88. The zero-order valence-electron chi connectivity index (χ0n) is 15.0. The van der Waals surface area contributed by atoms with Gasteiger partial charge in [0.25, 0.3) is 0 Å². The van der Waals surface area contributed by atoms with Crippen LogP contribution in [0.1, 0.15) is 39.2 Å². The minimum atomic E-state index is 0. The average molecular weight is 433 g/mol. The Hall–Kier alpha value is -0.820. The van der Waals surface area contributed by atoms with Gasteiger partial charge in [-0.3, -0.25) is 4.99 Å².